The quantitative estimate of drug-likeness (QED) is 0.641. The number of anilines is 1. The Morgan fingerprint density at radius 2 is 1.74 bits per heavy atom. The number of aromatic nitrogens is 3. The van der Waals surface area contributed by atoms with E-state index in [4.69, 9.17) is 4.98 Å². The molecule has 6 nitrogen and oxygen atoms in total. The Labute approximate surface area is 184 Å². The highest BCUT2D eigenvalue weighted by Crippen LogP contribution is 2.31. The van der Waals surface area contributed by atoms with E-state index < -0.39 is 0 Å². The van der Waals surface area contributed by atoms with Crippen LogP contribution in [0.15, 0.2) is 36.4 Å². The number of benzene rings is 1. The molecule has 0 unspecified atom stereocenters. The van der Waals surface area contributed by atoms with Crippen molar-refractivity contribution in [3.05, 3.63) is 53.5 Å². The average Bonchev–Trinajstić information content (AvgIpc) is 3.07. The fourth-order valence-corrected chi connectivity index (χ4v) is 4.21. The normalized spacial score (nSPS) is 19.4. The van der Waals surface area contributed by atoms with Gasteiger partial charge in [-0.3, -0.25) is 14.5 Å². The lowest BCUT2D eigenvalue weighted by Gasteiger charge is -2.31. The number of nitrogens with one attached hydrogen (secondary N) is 2. The van der Waals surface area contributed by atoms with E-state index in [1.807, 2.05) is 26.1 Å². The largest absolute Gasteiger partial charge is 0.382 e. The Bertz CT molecular complexity index is 1070. The van der Waals surface area contributed by atoms with Crippen molar-refractivity contribution in [3.63, 3.8) is 0 Å². The van der Waals surface area contributed by atoms with Gasteiger partial charge in [0.15, 0.2) is 0 Å². The maximum absolute atomic E-state index is 12.5. The molecule has 164 valence electrons. The molecule has 1 aliphatic carbocycles. The molecule has 1 aromatic carbocycles. The van der Waals surface area contributed by atoms with Crippen LogP contribution < -0.4 is 10.6 Å². The van der Waals surface area contributed by atoms with Crippen molar-refractivity contribution < 1.29 is 4.79 Å². The van der Waals surface area contributed by atoms with Gasteiger partial charge in [-0.2, -0.15) is 5.10 Å². The van der Waals surface area contributed by atoms with Gasteiger partial charge in [-0.1, -0.05) is 39.0 Å². The van der Waals surface area contributed by atoms with Gasteiger partial charge >= 0.3 is 0 Å². The summed E-state index contributed by atoms with van der Waals surface area (Å²) in [6, 6.07) is 13.0. The van der Waals surface area contributed by atoms with Crippen molar-refractivity contribution >= 4 is 22.5 Å². The van der Waals surface area contributed by atoms with Gasteiger partial charge in [0.1, 0.15) is 5.69 Å². The highest BCUT2D eigenvalue weighted by Gasteiger charge is 2.25. The zero-order valence-corrected chi connectivity index (χ0v) is 19.2. The van der Waals surface area contributed by atoms with Crippen molar-refractivity contribution in [3.8, 4) is 0 Å². The second kappa shape index (κ2) is 8.33. The topological polar surface area (TPSA) is 71.8 Å². The Kier molecular flexibility index (Phi) is 5.73. The average molecular weight is 420 g/mol. The van der Waals surface area contributed by atoms with Crippen LogP contribution in [0, 0.1) is 6.92 Å². The Morgan fingerprint density at radius 1 is 1.06 bits per heavy atom. The number of pyridine rings is 1. The van der Waals surface area contributed by atoms with Crippen LogP contribution in [0.1, 0.15) is 68.3 Å². The Morgan fingerprint density at radius 3 is 2.39 bits per heavy atom. The van der Waals surface area contributed by atoms with Crippen molar-refractivity contribution in [2.45, 2.75) is 70.9 Å². The number of nitrogens with zero attached hydrogens (tertiary/aromatic N) is 3. The van der Waals surface area contributed by atoms with E-state index in [9.17, 15) is 4.79 Å². The summed E-state index contributed by atoms with van der Waals surface area (Å²) in [5, 5.41) is 12.4. The minimum Gasteiger partial charge on any atom is -0.382 e. The number of aryl methyl sites for hydroxylation is 2. The van der Waals surface area contributed by atoms with Crippen LogP contribution >= 0.6 is 0 Å². The molecule has 0 atom stereocenters. The van der Waals surface area contributed by atoms with Gasteiger partial charge in [0.25, 0.3) is 5.91 Å². The summed E-state index contributed by atoms with van der Waals surface area (Å²) >= 11 is 0. The predicted molar refractivity (Wildman–Crippen MR) is 126 cm³/mol. The van der Waals surface area contributed by atoms with E-state index in [0.717, 1.165) is 53.7 Å². The molecule has 0 radical (unpaired) electrons. The van der Waals surface area contributed by atoms with Crippen molar-refractivity contribution in [2.24, 2.45) is 7.05 Å². The summed E-state index contributed by atoms with van der Waals surface area (Å²) < 4.78 is 1.74. The molecule has 1 fully saturated rings. The highest BCUT2D eigenvalue weighted by atomic mass is 16.2. The molecule has 0 bridgehead atoms. The molecule has 2 aromatic heterocycles. The number of hydrogen-bond acceptors (Lipinski definition) is 4. The first-order chi connectivity index (χ1) is 14.7. The molecule has 4 rings (SSSR count). The molecule has 0 aliphatic heterocycles. The van der Waals surface area contributed by atoms with Gasteiger partial charge in [0.05, 0.1) is 5.52 Å². The van der Waals surface area contributed by atoms with Crippen LogP contribution in [-0.4, -0.2) is 32.8 Å². The maximum Gasteiger partial charge on any atom is 0.272 e. The van der Waals surface area contributed by atoms with Crippen LogP contribution in [0.4, 0.5) is 5.69 Å². The fraction of sp³-hybridized carbons (Fsp3) is 0.480. The lowest BCUT2D eigenvalue weighted by Crippen LogP contribution is -2.40. The van der Waals surface area contributed by atoms with E-state index in [-0.39, 0.29) is 17.4 Å². The molecule has 0 spiro atoms. The van der Waals surface area contributed by atoms with Crippen LogP contribution in [0.3, 0.4) is 0 Å². The lowest BCUT2D eigenvalue weighted by molar-refractivity contribution is 0.0921. The van der Waals surface area contributed by atoms with Crippen molar-refractivity contribution in [1.82, 2.24) is 20.1 Å². The number of fused-ring (bicyclic) bond motifs is 1. The number of carbonyl (C=O) groups is 1. The Hall–Kier alpha value is -2.89. The third kappa shape index (κ3) is 4.73. The molecular weight excluding hydrogens is 386 g/mol. The van der Waals surface area contributed by atoms with Crippen LogP contribution in [-0.2, 0) is 12.5 Å². The smallest absolute Gasteiger partial charge is 0.272 e. The first-order valence-electron chi connectivity index (χ1n) is 11.2. The standard InChI is InChI=1S/C25H33N5O/c1-16-14-22(29-30(16)5)24(31)27-18-12-10-17(11-13-18)26-21-15-23(25(2,3)4)28-20-9-7-6-8-19(20)21/h6-9,14-15,17-18H,10-13H2,1-5H3,(H,26,28)(H,27,31). The molecule has 0 saturated heterocycles. The van der Waals surface area contributed by atoms with Gasteiger partial charge in [0.2, 0.25) is 0 Å². The van der Waals surface area contributed by atoms with Crippen molar-refractivity contribution in [2.75, 3.05) is 5.32 Å². The first-order valence-corrected chi connectivity index (χ1v) is 11.2. The molecule has 2 heterocycles. The second-order valence-corrected chi connectivity index (χ2v) is 9.78. The van der Waals surface area contributed by atoms with Gasteiger partial charge in [-0.25, -0.2) is 0 Å². The van der Waals surface area contributed by atoms with E-state index in [1.165, 1.54) is 0 Å². The van der Waals surface area contributed by atoms with Crippen LogP contribution in [0.5, 0.6) is 0 Å². The number of rotatable bonds is 4. The minimum atomic E-state index is -0.0740. The Balaban J connectivity index is 1.42. The monoisotopic (exact) mass is 419 g/mol. The molecular formula is C25H33N5O. The summed E-state index contributed by atoms with van der Waals surface area (Å²) in [4.78, 5) is 17.4. The fourth-order valence-electron chi connectivity index (χ4n) is 4.21. The number of hydrogen-bond donors (Lipinski definition) is 2. The number of para-hydroxylation sites is 1. The maximum atomic E-state index is 12.5. The zero-order chi connectivity index (χ0) is 22.2. The molecule has 3 aromatic rings. The summed E-state index contributed by atoms with van der Waals surface area (Å²) in [5.41, 5.74) is 4.76. The van der Waals surface area contributed by atoms with Crippen molar-refractivity contribution in [1.29, 1.82) is 0 Å². The third-order valence-electron chi connectivity index (χ3n) is 6.25. The predicted octanol–water partition coefficient (Wildman–Crippen LogP) is 4.73. The van der Waals surface area contributed by atoms with E-state index in [2.05, 4.69) is 60.8 Å². The third-order valence-corrected chi connectivity index (χ3v) is 6.25. The van der Waals surface area contributed by atoms with Crippen LogP contribution in [0.25, 0.3) is 10.9 Å². The number of carbonyl (C=O) groups excluding carboxylic acids is 1. The van der Waals surface area contributed by atoms with Crippen LogP contribution in [0.2, 0.25) is 0 Å². The van der Waals surface area contributed by atoms with E-state index in [1.54, 1.807) is 4.68 Å². The molecule has 1 aliphatic rings. The highest BCUT2D eigenvalue weighted by molar-refractivity contribution is 5.93. The summed E-state index contributed by atoms with van der Waals surface area (Å²) in [6.45, 7) is 8.55. The van der Waals surface area contributed by atoms with Gasteiger partial charge in [-0.15, -0.1) is 0 Å². The molecule has 1 amide bonds. The summed E-state index contributed by atoms with van der Waals surface area (Å²) in [5.74, 6) is -0.0740. The first kappa shape index (κ1) is 21.3. The van der Waals surface area contributed by atoms with Gasteiger partial charge in [-0.05, 0) is 50.8 Å². The summed E-state index contributed by atoms with van der Waals surface area (Å²) in [6.07, 6.45) is 3.97. The number of amides is 1. The molecule has 31 heavy (non-hydrogen) atoms. The minimum absolute atomic E-state index is 0.00771. The van der Waals surface area contributed by atoms with Gasteiger partial charge in [0, 0.05) is 47.0 Å². The SMILES string of the molecule is Cc1cc(C(=O)NC2CCC(Nc3cc(C(C)(C)C)nc4ccccc34)CC2)nn1C. The second-order valence-electron chi connectivity index (χ2n) is 9.78. The van der Waals surface area contributed by atoms with E-state index in [0.29, 0.717) is 11.7 Å². The lowest BCUT2D eigenvalue weighted by atomic mass is 9.89. The zero-order valence-electron chi connectivity index (χ0n) is 19.2. The molecule has 2 N–H and O–H groups in total. The summed E-state index contributed by atoms with van der Waals surface area (Å²) in [7, 11) is 1.86. The molecule has 6 heteroatoms. The molecule has 1 saturated carbocycles. The van der Waals surface area contributed by atoms with E-state index >= 15 is 0 Å². The van der Waals surface area contributed by atoms with Gasteiger partial charge < -0.3 is 10.6 Å².